The quantitative estimate of drug-likeness (QED) is 0.627. The summed E-state index contributed by atoms with van der Waals surface area (Å²) in [5.41, 5.74) is 3.02. The Bertz CT molecular complexity index is 1070. The van der Waals surface area contributed by atoms with Crippen molar-refractivity contribution in [3.8, 4) is 11.1 Å². The van der Waals surface area contributed by atoms with Crippen LogP contribution >= 0.6 is 0 Å². The SMILES string of the molecule is CC[C@H](C)[C@H](NC(=O)OCC1c2ccccc2-c2ccccc21)C(=O)N1CCOC(C)(C(=O)O)C1. The van der Waals surface area contributed by atoms with Crippen LogP contribution in [-0.2, 0) is 19.1 Å². The zero-order chi connectivity index (χ0) is 25.2. The molecule has 2 N–H and O–H groups in total. The van der Waals surface area contributed by atoms with E-state index in [9.17, 15) is 19.5 Å². The summed E-state index contributed by atoms with van der Waals surface area (Å²) in [5.74, 6) is -1.70. The van der Waals surface area contributed by atoms with Gasteiger partial charge in [0, 0.05) is 12.5 Å². The Morgan fingerprint density at radius 2 is 1.74 bits per heavy atom. The minimum atomic E-state index is -1.47. The van der Waals surface area contributed by atoms with Gasteiger partial charge in [-0.2, -0.15) is 0 Å². The zero-order valence-corrected chi connectivity index (χ0v) is 20.3. The van der Waals surface area contributed by atoms with Crippen LogP contribution in [0.2, 0.25) is 0 Å². The monoisotopic (exact) mass is 480 g/mol. The number of alkyl carbamates (subject to hydrolysis) is 1. The number of nitrogens with one attached hydrogen (secondary N) is 1. The molecule has 2 aromatic carbocycles. The molecule has 0 radical (unpaired) electrons. The van der Waals surface area contributed by atoms with Crippen LogP contribution in [0, 0.1) is 5.92 Å². The van der Waals surface area contributed by atoms with Crippen LogP contribution in [0.3, 0.4) is 0 Å². The number of fused-ring (bicyclic) bond motifs is 3. The third-order valence-corrected chi connectivity index (χ3v) is 7.13. The minimum absolute atomic E-state index is 0.0820. The molecule has 8 heteroatoms. The highest BCUT2D eigenvalue weighted by molar-refractivity contribution is 5.87. The maximum Gasteiger partial charge on any atom is 0.407 e. The van der Waals surface area contributed by atoms with Gasteiger partial charge in [0.2, 0.25) is 5.91 Å². The molecule has 186 valence electrons. The Balaban J connectivity index is 1.44. The molecule has 2 aliphatic rings. The molecule has 1 unspecified atom stereocenters. The molecule has 1 heterocycles. The second-order valence-electron chi connectivity index (χ2n) is 9.48. The Morgan fingerprint density at radius 3 is 2.31 bits per heavy atom. The fourth-order valence-corrected chi connectivity index (χ4v) is 4.83. The summed E-state index contributed by atoms with van der Waals surface area (Å²) in [5, 5.41) is 12.2. The molecular formula is C27H32N2O6. The molecule has 8 nitrogen and oxygen atoms in total. The lowest BCUT2D eigenvalue weighted by Gasteiger charge is -2.39. The Hall–Kier alpha value is -3.39. The molecule has 1 saturated heterocycles. The van der Waals surface area contributed by atoms with Crippen molar-refractivity contribution in [1.82, 2.24) is 10.2 Å². The molecule has 1 aliphatic heterocycles. The summed E-state index contributed by atoms with van der Waals surface area (Å²) in [6.45, 7) is 5.71. The predicted octanol–water partition coefficient (Wildman–Crippen LogP) is 3.64. The number of ether oxygens (including phenoxy) is 2. The second-order valence-corrected chi connectivity index (χ2v) is 9.48. The number of carboxylic acids is 1. The number of amides is 2. The maximum atomic E-state index is 13.3. The lowest BCUT2D eigenvalue weighted by molar-refractivity contribution is -0.177. The van der Waals surface area contributed by atoms with E-state index in [0.717, 1.165) is 22.3 Å². The number of nitrogens with zero attached hydrogens (tertiary/aromatic N) is 1. The van der Waals surface area contributed by atoms with Crippen LogP contribution in [0.15, 0.2) is 48.5 Å². The summed E-state index contributed by atoms with van der Waals surface area (Å²) in [7, 11) is 0. The molecule has 2 aromatic rings. The van der Waals surface area contributed by atoms with E-state index in [2.05, 4.69) is 17.4 Å². The molecule has 35 heavy (non-hydrogen) atoms. The number of hydrogen-bond acceptors (Lipinski definition) is 5. The van der Waals surface area contributed by atoms with Crippen molar-refractivity contribution < 1.29 is 29.0 Å². The Kier molecular flexibility index (Phi) is 7.12. The number of benzene rings is 2. The van der Waals surface area contributed by atoms with Crippen LogP contribution in [0.5, 0.6) is 0 Å². The summed E-state index contributed by atoms with van der Waals surface area (Å²) >= 11 is 0. The molecule has 0 aromatic heterocycles. The first-order valence-corrected chi connectivity index (χ1v) is 12.0. The van der Waals surface area contributed by atoms with E-state index in [1.54, 1.807) is 0 Å². The number of carbonyl (C=O) groups is 3. The van der Waals surface area contributed by atoms with Crippen LogP contribution in [-0.4, -0.2) is 65.9 Å². The third-order valence-electron chi connectivity index (χ3n) is 7.13. The van der Waals surface area contributed by atoms with Crippen LogP contribution in [0.4, 0.5) is 4.79 Å². The van der Waals surface area contributed by atoms with Gasteiger partial charge in [0.25, 0.3) is 0 Å². The van der Waals surface area contributed by atoms with E-state index in [1.165, 1.54) is 11.8 Å². The van der Waals surface area contributed by atoms with Gasteiger partial charge in [-0.1, -0.05) is 68.8 Å². The first-order chi connectivity index (χ1) is 16.7. The van der Waals surface area contributed by atoms with Gasteiger partial charge in [-0.05, 0) is 35.1 Å². The van der Waals surface area contributed by atoms with Crippen LogP contribution < -0.4 is 5.32 Å². The van der Waals surface area contributed by atoms with E-state index in [1.807, 2.05) is 50.2 Å². The number of carbonyl (C=O) groups excluding carboxylic acids is 2. The van der Waals surface area contributed by atoms with Crippen molar-refractivity contribution in [3.05, 3.63) is 59.7 Å². The molecule has 2 amide bonds. The Labute approximate surface area is 205 Å². The molecule has 0 bridgehead atoms. The third kappa shape index (κ3) is 4.89. The Morgan fingerprint density at radius 1 is 1.14 bits per heavy atom. The van der Waals surface area contributed by atoms with Crippen molar-refractivity contribution in [2.75, 3.05) is 26.3 Å². The van der Waals surface area contributed by atoms with E-state index in [-0.39, 0.29) is 44.0 Å². The van der Waals surface area contributed by atoms with Gasteiger partial charge in [-0.3, -0.25) is 4.79 Å². The van der Waals surface area contributed by atoms with Crippen molar-refractivity contribution in [2.45, 2.75) is 44.8 Å². The van der Waals surface area contributed by atoms with Gasteiger partial charge >= 0.3 is 12.1 Å². The van der Waals surface area contributed by atoms with Gasteiger partial charge < -0.3 is 24.8 Å². The molecular weight excluding hydrogens is 448 g/mol. The first kappa shape index (κ1) is 24.7. The molecule has 0 saturated carbocycles. The van der Waals surface area contributed by atoms with Gasteiger partial charge in [0.1, 0.15) is 12.6 Å². The first-order valence-electron chi connectivity index (χ1n) is 12.0. The van der Waals surface area contributed by atoms with E-state index in [4.69, 9.17) is 9.47 Å². The molecule has 1 fully saturated rings. The number of rotatable bonds is 7. The summed E-state index contributed by atoms with van der Waals surface area (Å²) in [6, 6.07) is 15.3. The highest BCUT2D eigenvalue weighted by atomic mass is 16.5. The average Bonchev–Trinajstić information content (AvgIpc) is 3.19. The van der Waals surface area contributed by atoms with Gasteiger partial charge in [-0.25, -0.2) is 9.59 Å². The number of morpholine rings is 1. The lowest BCUT2D eigenvalue weighted by Crippen LogP contribution is -2.60. The zero-order valence-electron chi connectivity index (χ0n) is 20.3. The van der Waals surface area contributed by atoms with Crippen LogP contribution in [0.25, 0.3) is 11.1 Å². The molecule has 0 spiro atoms. The average molecular weight is 481 g/mol. The smallest absolute Gasteiger partial charge is 0.407 e. The number of carboxylic acid groups (broad SMARTS) is 1. The van der Waals surface area contributed by atoms with E-state index in [0.29, 0.717) is 6.42 Å². The van der Waals surface area contributed by atoms with Gasteiger partial charge in [0.15, 0.2) is 5.60 Å². The lowest BCUT2D eigenvalue weighted by atomic mass is 9.96. The number of hydrogen-bond donors (Lipinski definition) is 2. The predicted molar refractivity (Wildman–Crippen MR) is 130 cm³/mol. The van der Waals surface area contributed by atoms with Crippen LogP contribution in [0.1, 0.15) is 44.2 Å². The van der Waals surface area contributed by atoms with Gasteiger partial charge in [0.05, 0.1) is 13.2 Å². The summed E-state index contributed by atoms with van der Waals surface area (Å²) in [4.78, 5) is 39.3. The second kappa shape index (κ2) is 10.1. The summed E-state index contributed by atoms with van der Waals surface area (Å²) < 4.78 is 11.0. The summed E-state index contributed by atoms with van der Waals surface area (Å²) in [6.07, 6.45) is -0.0135. The van der Waals surface area contributed by atoms with Crippen molar-refractivity contribution in [2.24, 2.45) is 5.92 Å². The highest BCUT2D eigenvalue weighted by Gasteiger charge is 2.43. The van der Waals surface area contributed by atoms with Gasteiger partial charge in [-0.15, -0.1) is 0 Å². The fourth-order valence-electron chi connectivity index (χ4n) is 4.83. The maximum absolute atomic E-state index is 13.3. The van der Waals surface area contributed by atoms with Crippen molar-refractivity contribution in [3.63, 3.8) is 0 Å². The molecule has 4 rings (SSSR count). The minimum Gasteiger partial charge on any atom is -0.479 e. The molecule has 3 atom stereocenters. The topological polar surface area (TPSA) is 105 Å². The van der Waals surface area contributed by atoms with Crippen molar-refractivity contribution in [1.29, 1.82) is 0 Å². The van der Waals surface area contributed by atoms with Crippen molar-refractivity contribution >= 4 is 18.0 Å². The highest BCUT2D eigenvalue weighted by Crippen LogP contribution is 2.44. The standard InChI is InChI=1S/C27H32N2O6/c1-4-17(2)23(24(30)29-13-14-35-27(3,16-29)25(31)32)28-26(33)34-15-22-20-11-7-5-9-18(20)19-10-6-8-12-21(19)22/h5-12,17,22-23H,4,13-16H2,1-3H3,(H,28,33)(H,31,32)/t17-,23-,27?/m0/s1. The largest absolute Gasteiger partial charge is 0.479 e. The normalized spacial score (nSPS) is 20.9. The van der Waals surface area contributed by atoms with E-state index < -0.39 is 23.7 Å². The fraction of sp³-hybridized carbons (Fsp3) is 0.444. The number of aliphatic carboxylic acids is 1. The van der Waals surface area contributed by atoms with E-state index >= 15 is 0 Å². The molecule has 1 aliphatic carbocycles.